The van der Waals surface area contributed by atoms with Gasteiger partial charge in [0.25, 0.3) is 0 Å². The van der Waals surface area contributed by atoms with E-state index in [9.17, 15) is 0 Å². The fourth-order valence-corrected chi connectivity index (χ4v) is 4.00. The summed E-state index contributed by atoms with van der Waals surface area (Å²) >= 11 is 1.67. The van der Waals surface area contributed by atoms with Gasteiger partial charge in [0.1, 0.15) is 5.01 Å². The first-order valence-corrected chi connectivity index (χ1v) is 9.42. The number of nitrogens with zero attached hydrogens (tertiary/aromatic N) is 3. The van der Waals surface area contributed by atoms with Crippen LogP contribution in [0.25, 0.3) is 10.7 Å². The third-order valence-corrected chi connectivity index (χ3v) is 5.39. The van der Waals surface area contributed by atoms with Gasteiger partial charge >= 0.3 is 0 Å². The Hall–Kier alpha value is -1.30. The quantitative estimate of drug-likeness (QED) is 0.844. The highest BCUT2D eigenvalue weighted by atomic mass is 32.1. The average Bonchev–Trinajstić information content (AvgIpc) is 3.24. The van der Waals surface area contributed by atoms with Crippen LogP contribution < -0.4 is 5.32 Å². The van der Waals surface area contributed by atoms with Crippen LogP contribution in [0.3, 0.4) is 0 Å². The van der Waals surface area contributed by atoms with Crippen molar-refractivity contribution in [3.8, 4) is 10.7 Å². The maximum absolute atomic E-state index is 4.70. The minimum Gasteiger partial charge on any atom is -0.310 e. The van der Waals surface area contributed by atoms with Gasteiger partial charge in [-0.25, -0.2) is 4.98 Å². The molecule has 1 fully saturated rings. The van der Waals surface area contributed by atoms with E-state index in [1.807, 2.05) is 24.4 Å². The van der Waals surface area contributed by atoms with E-state index in [1.165, 1.54) is 25.9 Å². The van der Waals surface area contributed by atoms with Gasteiger partial charge < -0.3 is 5.32 Å². The van der Waals surface area contributed by atoms with E-state index in [4.69, 9.17) is 4.98 Å². The Morgan fingerprint density at radius 1 is 1.26 bits per heavy atom. The number of thiazole rings is 1. The Morgan fingerprint density at radius 2 is 2.09 bits per heavy atom. The summed E-state index contributed by atoms with van der Waals surface area (Å²) < 4.78 is 0. The van der Waals surface area contributed by atoms with Gasteiger partial charge in [-0.05, 0) is 44.0 Å². The lowest BCUT2D eigenvalue weighted by atomic mass is 10.0. The minimum absolute atomic E-state index is 0.631. The third kappa shape index (κ3) is 4.37. The summed E-state index contributed by atoms with van der Waals surface area (Å²) in [5.41, 5.74) is 2.07. The van der Waals surface area contributed by atoms with Gasteiger partial charge in [-0.3, -0.25) is 9.88 Å². The SMILES string of the molecule is CC(C)C(CNCc1csc(-c2ccccn2)n1)N1CCCC1. The lowest BCUT2D eigenvalue weighted by Gasteiger charge is -2.31. The van der Waals surface area contributed by atoms with E-state index in [0.717, 1.165) is 29.5 Å². The Balaban J connectivity index is 1.53. The molecule has 2 aromatic rings. The van der Waals surface area contributed by atoms with E-state index < -0.39 is 0 Å². The van der Waals surface area contributed by atoms with Crippen molar-refractivity contribution in [1.29, 1.82) is 0 Å². The average molecular weight is 331 g/mol. The second kappa shape index (κ2) is 7.99. The highest BCUT2D eigenvalue weighted by Gasteiger charge is 2.24. The molecule has 124 valence electrons. The topological polar surface area (TPSA) is 41.1 Å². The minimum atomic E-state index is 0.631. The zero-order chi connectivity index (χ0) is 16.1. The molecule has 0 spiro atoms. The molecule has 0 bridgehead atoms. The fourth-order valence-electron chi connectivity index (χ4n) is 3.20. The molecule has 1 aliphatic heterocycles. The predicted octanol–water partition coefficient (Wildman–Crippen LogP) is 3.42. The number of likely N-dealkylation sites (tertiary alicyclic amines) is 1. The summed E-state index contributed by atoms with van der Waals surface area (Å²) in [7, 11) is 0. The number of rotatable bonds is 7. The zero-order valence-electron chi connectivity index (χ0n) is 14.0. The van der Waals surface area contributed by atoms with Crippen molar-refractivity contribution in [3.63, 3.8) is 0 Å². The van der Waals surface area contributed by atoms with Crippen LogP contribution in [0.4, 0.5) is 0 Å². The fraction of sp³-hybridized carbons (Fsp3) is 0.556. The van der Waals surface area contributed by atoms with Crippen LogP contribution in [0.5, 0.6) is 0 Å². The molecule has 1 atom stereocenters. The Labute approximate surface area is 143 Å². The molecule has 4 nitrogen and oxygen atoms in total. The van der Waals surface area contributed by atoms with Crippen LogP contribution in [-0.4, -0.2) is 40.5 Å². The molecule has 5 heteroatoms. The molecule has 3 heterocycles. The predicted molar refractivity (Wildman–Crippen MR) is 96.5 cm³/mol. The number of pyridine rings is 1. The van der Waals surface area contributed by atoms with Crippen LogP contribution in [-0.2, 0) is 6.54 Å². The maximum atomic E-state index is 4.70. The third-order valence-electron chi connectivity index (χ3n) is 4.47. The number of nitrogens with one attached hydrogen (secondary N) is 1. The Bertz CT molecular complexity index is 590. The summed E-state index contributed by atoms with van der Waals surface area (Å²) in [6.45, 7) is 9.03. The standard InChI is InChI=1S/C18H26N4S/c1-14(2)17(22-9-5-6-10-22)12-19-11-15-13-23-18(21-15)16-7-3-4-8-20-16/h3-4,7-8,13-14,17,19H,5-6,9-12H2,1-2H3. The first kappa shape index (κ1) is 16.6. The summed E-state index contributed by atoms with van der Waals surface area (Å²) in [6.07, 6.45) is 4.52. The molecule has 1 unspecified atom stereocenters. The summed E-state index contributed by atoms with van der Waals surface area (Å²) in [4.78, 5) is 11.7. The molecule has 0 amide bonds. The molecule has 0 aliphatic carbocycles. The van der Waals surface area contributed by atoms with Gasteiger partial charge in [0, 0.05) is 30.7 Å². The molecule has 0 radical (unpaired) electrons. The van der Waals surface area contributed by atoms with Crippen molar-refractivity contribution in [3.05, 3.63) is 35.5 Å². The van der Waals surface area contributed by atoms with Gasteiger partial charge in [0.05, 0.1) is 11.4 Å². The van der Waals surface area contributed by atoms with E-state index in [1.54, 1.807) is 11.3 Å². The molecule has 1 saturated heterocycles. The van der Waals surface area contributed by atoms with Crippen molar-refractivity contribution >= 4 is 11.3 Å². The maximum Gasteiger partial charge on any atom is 0.142 e. The van der Waals surface area contributed by atoms with Crippen molar-refractivity contribution in [2.75, 3.05) is 19.6 Å². The lowest BCUT2D eigenvalue weighted by molar-refractivity contribution is 0.186. The first-order chi connectivity index (χ1) is 11.2. The Kier molecular flexibility index (Phi) is 5.75. The second-order valence-electron chi connectivity index (χ2n) is 6.54. The van der Waals surface area contributed by atoms with Crippen molar-refractivity contribution < 1.29 is 0 Å². The lowest BCUT2D eigenvalue weighted by Crippen LogP contribution is -2.44. The highest BCUT2D eigenvalue weighted by Crippen LogP contribution is 2.21. The normalized spacial score (nSPS) is 17.0. The molecule has 2 aromatic heterocycles. The summed E-state index contributed by atoms with van der Waals surface area (Å²) in [5.74, 6) is 0.681. The van der Waals surface area contributed by atoms with Crippen LogP contribution in [0.2, 0.25) is 0 Å². The zero-order valence-corrected chi connectivity index (χ0v) is 14.9. The molecule has 1 N–H and O–H groups in total. The largest absolute Gasteiger partial charge is 0.310 e. The van der Waals surface area contributed by atoms with Gasteiger partial charge in [0.2, 0.25) is 0 Å². The van der Waals surface area contributed by atoms with E-state index in [-0.39, 0.29) is 0 Å². The van der Waals surface area contributed by atoms with Crippen molar-refractivity contribution in [1.82, 2.24) is 20.2 Å². The first-order valence-electron chi connectivity index (χ1n) is 8.54. The molecular formula is C18H26N4S. The van der Waals surface area contributed by atoms with Gasteiger partial charge in [-0.2, -0.15) is 0 Å². The van der Waals surface area contributed by atoms with Gasteiger partial charge in [-0.1, -0.05) is 19.9 Å². The molecular weight excluding hydrogens is 304 g/mol. The molecule has 23 heavy (non-hydrogen) atoms. The van der Waals surface area contributed by atoms with E-state index >= 15 is 0 Å². The van der Waals surface area contributed by atoms with Crippen LogP contribution in [0.1, 0.15) is 32.4 Å². The van der Waals surface area contributed by atoms with Crippen molar-refractivity contribution in [2.45, 2.75) is 39.3 Å². The van der Waals surface area contributed by atoms with Gasteiger partial charge in [-0.15, -0.1) is 11.3 Å². The van der Waals surface area contributed by atoms with Crippen LogP contribution >= 0.6 is 11.3 Å². The van der Waals surface area contributed by atoms with E-state index in [2.05, 4.69) is 34.4 Å². The summed E-state index contributed by atoms with van der Waals surface area (Å²) in [6, 6.07) is 6.58. The van der Waals surface area contributed by atoms with Gasteiger partial charge in [0.15, 0.2) is 0 Å². The van der Waals surface area contributed by atoms with Crippen molar-refractivity contribution in [2.24, 2.45) is 5.92 Å². The smallest absolute Gasteiger partial charge is 0.142 e. The number of hydrogen-bond donors (Lipinski definition) is 1. The van der Waals surface area contributed by atoms with E-state index in [0.29, 0.717) is 12.0 Å². The number of hydrogen-bond acceptors (Lipinski definition) is 5. The second-order valence-corrected chi connectivity index (χ2v) is 7.40. The highest BCUT2D eigenvalue weighted by molar-refractivity contribution is 7.13. The molecule has 0 saturated carbocycles. The van der Waals surface area contributed by atoms with Crippen LogP contribution in [0, 0.1) is 5.92 Å². The molecule has 3 rings (SSSR count). The molecule has 1 aliphatic rings. The Morgan fingerprint density at radius 3 is 2.78 bits per heavy atom. The number of aromatic nitrogens is 2. The summed E-state index contributed by atoms with van der Waals surface area (Å²) in [5, 5.41) is 6.75. The molecule has 0 aromatic carbocycles. The monoisotopic (exact) mass is 330 g/mol. The van der Waals surface area contributed by atoms with Crippen LogP contribution in [0.15, 0.2) is 29.8 Å².